The minimum absolute atomic E-state index is 0.277. The second-order valence-corrected chi connectivity index (χ2v) is 5.01. The fourth-order valence-electron chi connectivity index (χ4n) is 1.88. The number of alkyl halides is 1. The van der Waals surface area contributed by atoms with E-state index in [1.165, 1.54) is 12.3 Å². The van der Waals surface area contributed by atoms with Crippen LogP contribution in [0.15, 0.2) is 18.3 Å². The summed E-state index contributed by atoms with van der Waals surface area (Å²) in [6.45, 7) is 4.24. The molecule has 0 bridgehead atoms. The van der Waals surface area contributed by atoms with E-state index in [4.69, 9.17) is 0 Å². The Bertz CT molecular complexity index is 341. The van der Waals surface area contributed by atoms with E-state index in [0.29, 0.717) is 5.41 Å². The Balaban J connectivity index is 2.11. The van der Waals surface area contributed by atoms with Crippen LogP contribution in [0.3, 0.4) is 0 Å². The summed E-state index contributed by atoms with van der Waals surface area (Å²) in [5.74, 6) is 0.599. The third-order valence-corrected chi connectivity index (χ3v) is 4.27. The molecule has 0 aliphatic carbocycles. The fourth-order valence-corrected chi connectivity index (χ4v) is 2.34. The molecular formula is C11H14BrFN2. The molecule has 0 saturated carbocycles. The highest BCUT2D eigenvalue weighted by atomic mass is 79.9. The maximum absolute atomic E-state index is 12.7. The Hall–Kier alpha value is -0.640. The van der Waals surface area contributed by atoms with Gasteiger partial charge in [0.25, 0.3) is 0 Å². The smallest absolute Gasteiger partial charge is 0.141 e. The van der Waals surface area contributed by atoms with Crippen LogP contribution in [0.1, 0.15) is 13.3 Å². The summed E-state index contributed by atoms with van der Waals surface area (Å²) in [5.41, 5.74) is 0.316. The van der Waals surface area contributed by atoms with Crippen molar-refractivity contribution in [2.24, 2.45) is 5.41 Å². The molecule has 1 atom stereocenters. The molecule has 0 radical (unpaired) electrons. The third kappa shape index (κ3) is 2.30. The van der Waals surface area contributed by atoms with E-state index in [2.05, 4.69) is 32.7 Å². The van der Waals surface area contributed by atoms with E-state index < -0.39 is 0 Å². The SMILES string of the molecule is CC1(CBr)CCN(c2ccc(F)cn2)C1. The van der Waals surface area contributed by atoms with Crippen molar-refractivity contribution in [3.8, 4) is 0 Å². The third-order valence-electron chi connectivity index (χ3n) is 2.92. The maximum Gasteiger partial charge on any atom is 0.141 e. The average Bonchev–Trinajstić information content (AvgIpc) is 2.63. The summed E-state index contributed by atoms with van der Waals surface area (Å²) in [5, 5.41) is 0.998. The highest BCUT2D eigenvalue weighted by molar-refractivity contribution is 9.09. The molecule has 2 rings (SSSR count). The summed E-state index contributed by atoms with van der Waals surface area (Å²) in [7, 11) is 0. The fraction of sp³-hybridized carbons (Fsp3) is 0.545. The van der Waals surface area contributed by atoms with Gasteiger partial charge in [-0.2, -0.15) is 0 Å². The molecule has 1 aromatic heterocycles. The van der Waals surface area contributed by atoms with Crippen molar-refractivity contribution in [1.82, 2.24) is 4.98 Å². The first-order valence-electron chi connectivity index (χ1n) is 5.05. The van der Waals surface area contributed by atoms with Crippen LogP contribution in [0, 0.1) is 11.2 Å². The maximum atomic E-state index is 12.7. The number of hydrogen-bond donors (Lipinski definition) is 0. The molecule has 1 saturated heterocycles. The Labute approximate surface area is 97.6 Å². The lowest BCUT2D eigenvalue weighted by atomic mass is 9.93. The van der Waals surface area contributed by atoms with Crippen LogP contribution in [0.25, 0.3) is 0 Å². The summed E-state index contributed by atoms with van der Waals surface area (Å²) in [4.78, 5) is 6.30. The topological polar surface area (TPSA) is 16.1 Å². The minimum Gasteiger partial charge on any atom is -0.356 e. The van der Waals surface area contributed by atoms with E-state index in [1.54, 1.807) is 6.07 Å². The monoisotopic (exact) mass is 272 g/mol. The molecule has 82 valence electrons. The van der Waals surface area contributed by atoms with Crippen LogP contribution in [0.2, 0.25) is 0 Å². The lowest BCUT2D eigenvalue weighted by molar-refractivity contribution is 0.432. The first kappa shape index (κ1) is 10.9. The van der Waals surface area contributed by atoms with Gasteiger partial charge >= 0.3 is 0 Å². The predicted octanol–water partition coefficient (Wildman–Crippen LogP) is 2.83. The zero-order valence-corrected chi connectivity index (χ0v) is 10.3. The van der Waals surface area contributed by atoms with Crippen LogP contribution in [-0.4, -0.2) is 23.4 Å². The highest BCUT2D eigenvalue weighted by Gasteiger charge is 2.33. The molecule has 1 aromatic rings. The van der Waals surface area contributed by atoms with Crippen LogP contribution >= 0.6 is 15.9 Å². The molecule has 1 aliphatic rings. The van der Waals surface area contributed by atoms with Crippen molar-refractivity contribution in [2.75, 3.05) is 23.3 Å². The van der Waals surface area contributed by atoms with Gasteiger partial charge in [0.15, 0.2) is 0 Å². The Morgan fingerprint density at radius 3 is 2.93 bits per heavy atom. The number of anilines is 1. The molecule has 1 unspecified atom stereocenters. The molecule has 1 aliphatic heterocycles. The van der Waals surface area contributed by atoms with E-state index in [0.717, 1.165) is 30.7 Å². The Kier molecular flexibility index (Phi) is 2.96. The summed E-state index contributed by atoms with van der Waals surface area (Å²) < 4.78 is 12.7. The average molecular weight is 273 g/mol. The molecule has 0 aromatic carbocycles. The van der Waals surface area contributed by atoms with Crippen molar-refractivity contribution in [3.63, 3.8) is 0 Å². The van der Waals surface area contributed by atoms with Gasteiger partial charge in [0.05, 0.1) is 6.20 Å². The molecule has 0 amide bonds. The van der Waals surface area contributed by atoms with E-state index >= 15 is 0 Å². The molecule has 0 N–H and O–H groups in total. The summed E-state index contributed by atoms with van der Waals surface area (Å²) >= 11 is 3.54. The quantitative estimate of drug-likeness (QED) is 0.770. The Morgan fingerprint density at radius 2 is 2.40 bits per heavy atom. The van der Waals surface area contributed by atoms with Gasteiger partial charge in [0.2, 0.25) is 0 Å². The van der Waals surface area contributed by atoms with Gasteiger partial charge in [-0.1, -0.05) is 22.9 Å². The van der Waals surface area contributed by atoms with Gasteiger partial charge in [-0.3, -0.25) is 0 Å². The second-order valence-electron chi connectivity index (χ2n) is 4.45. The highest BCUT2D eigenvalue weighted by Crippen LogP contribution is 2.33. The van der Waals surface area contributed by atoms with Gasteiger partial charge < -0.3 is 4.90 Å². The van der Waals surface area contributed by atoms with Crippen molar-refractivity contribution < 1.29 is 4.39 Å². The zero-order valence-electron chi connectivity index (χ0n) is 8.71. The molecule has 1 fully saturated rings. The Morgan fingerprint density at radius 1 is 1.60 bits per heavy atom. The first-order chi connectivity index (χ1) is 7.13. The lowest BCUT2D eigenvalue weighted by Crippen LogP contribution is -2.26. The van der Waals surface area contributed by atoms with Crippen LogP contribution in [-0.2, 0) is 0 Å². The summed E-state index contributed by atoms with van der Waals surface area (Å²) in [6, 6.07) is 3.21. The van der Waals surface area contributed by atoms with Gasteiger partial charge in [0.1, 0.15) is 11.6 Å². The minimum atomic E-state index is -0.277. The van der Waals surface area contributed by atoms with Gasteiger partial charge in [-0.05, 0) is 24.0 Å². The first-order valence-corrected chi connectivity index (χ1v) is 6.18. The lowest BCUT2D eigenvalue weighted by Gasteiger charge is -2.22. The van der Waals surface area contributed by atoms with Crippen molar-refractivity contribution in [1.29, 1.82) is 0 Å². The number of nitrogens with zero attached hydrogens (tertiary/aromatic N) is 2. The number of pyridine rings is 1. The van der Waals surface area contributed by atoms with Crippen LogP contribution in [0.4, 0.5) is 10.2 Å². The normalized spacial score (nSPS) is 25.9. The van der Waals surface area contributed by atoms with E-state index in [9.17, 15) is 4.39 Å². The number of hydrogen-bond acceptors (Lipinski definition) is 2. The molecule has 2 heterocycles. The van der Waals surface area contributed by atoms with Crippen molar-refractivity contribution in [2.45, 2.75) is 13.3 Å². The molecule has 4 heteroatoms. The van der Waals surface area contributed by atoms with E-state index in [1.807, 2.05) is 0 Å². The van der Waals surface area contributed by atoms with Gasteiger partial charge in [0, 0.05) is 18.4 Å². The second kappa shape index (κ2) is 4.08. The summed E-state index contributed by atoms with van der Waals surface area (Å²) in [6.07, 6.45) is 2.43. The number of aromatic nitrogens is 1. The van der Waals surface area contributed by atoms with Crippen molar-refractivity contribution >= 4 is 21.7 Å². The zero-order chi connectivity index (χ0) is 10.9. The molecule has 15 heavy (non-hydrogen) atoms. The molecule has 2 nitrogen and oxygen atoms in total. The molecule has 0 spiro atoms. The van der Waals surface area contributed by atoms with Gasteiger partial charge in [-0.15, -0.1) is 0 Å². The van der Waals surface area contributed by atoms with Crippen LogP contribution < -0.4 is 4.90 Å². The van der Waals surface area contributed by atoms with Gasteiger partial charge in [-0.25, -0.2) is 9.37 Å². The van der Waals surface area contributed by atoms with Crippen LogP contribution in [0.5, 0.6) is 0 Å². The standard InChI is InChI=1S/C11H14BrFN2/c1-11(7-12)4-5-15(8-11)10-3-2-9(13)6-14-10/h2-3,6H,4-5,7-8H2,1H3. The number of halogens is 2. The predicted molar refractivity (Wildman–Crippen MR) is 62.9 cm³/mol. The van der Waals surface area contributed by atoms with E-state index in [-0.39, 0.29) is 5.82 Å². The largest absolute Gasteiger partial charge is 0.356 e. The van der Waals surface area contributed by atoms with Crippen molar-refractivity contribution in [3.05, 3.63) is 24.1 Å². The molecular weight excluding hydrogens is 259 g/mol. The number of rotatable bonds is 2.